The van der Waals surface area contributed by atoms with Gasteiger partial charge in [0.1, 0.15) is 17.2 Å². The predicted molar refractivity (Wildman–Crippen MR) is 118 cm³/mol. The molecule has 0 radical (unpaired) electrons. The Morgan fingerprint density at radius 3 is 2.00 bits per heavy atom. The number of benzene rings is 2. The molecule has 1 aliphatic heterocycles. The van der Waals surface area contributed by atoms with E-state index < -0.39 is 5.54 Å². The smallest absolute Gasteiger partial charge is 0.267 e. The highest BCUT2D eigenvalue weighted by Crippen LogP contribution is 2.22. The van der Waals surface area contributed by atoms with Crippen molar-refractivity contribution in [3.05, 3.63) is 82.7 Å². The number of piperazine rings is 1. The van der Waals surface area contributed by atoms with E-state index in [9.17, 15) is 18.4 Å². The number of anilines is 1. The van der Waals surface area contributed by atoms with Gasteiger partial charge in [-0.25, -0.2) is 13.5 Å². The third-order valence-corrected chi connectivity index (χ3v) is 5.75. The summed E-state index contributed by atoms with van der Waals surface area (Å²) in [6, 6.07) is 15.0. The second kappa shape index (κ2) is 8.53. The highest BCUT2D eigenvalue weighted by atomic mass is 19.1. The zero-order valence-corrected chi connectivity index (χ0v) is 18.0. The minimum Gasteiger partial charge on any atom is -0.368 e. The number of amides is 1. The Balaban J connectivity index is 1.52. The van der Waals surface area contributed by atoms with Gasteiger partial charge < -0.3 is 9.80 Å². The lowest BCUT2D eigenvalue weighted by Gasteiger charge is -2.39. The summed E-state index contributed by atoms with van der Waals surface area (Å²) in [6.07, 6.45) is 0. The Kier molecular flexibility index (Phi) is 5.78. The summed E-state index contributed by atoms with van der Waals surface area (Å²) in [4.78, 5) is 29.8. The number of hydrogen-bond acceptors (Lipinski definition) is 4. The van der Waals surface area contributed by atoms with E-state index in [0.717, 1.165) is 5.69 Å². The maximum absolute atomic E-state index is 13.4. The van der Waals surface area contributed by atoms with Crippen LogP contribution in [0, 0.1) is 11.6 Å². The fourth-order valence-electron chi connectivity index (χ4n) is 3.88. The molecule has 166 valence electrons. The average Bonchev–Trinajstić information content (AvgIpc) is 2.80. The molecule has 0 unspecified atom stereocenters. The van der Waals surface area contributed by atoms with Crippen molar-refractivity contribution in [2.75, 3.05) is 31.1 Å². The molecule has 0 atom stereocenters. The van der Waals surface area contributed by atoms with E-state index in [1.165, 1.54) is 35.0 Å². The fourth-order valence-corrected chi connectivity index (χ4v) is 3.88. The van der Waals surface area contributed by atoms with Crippen molar-refractivity contribution in [2.24, 2.45) is 0 Å². The molecule has 4 rings (SSSR count). The number of rotatable bonds is 4. The lowest BCUT2D eigenvalue weighted by atomic mass is 10.0. The number of carbonyl (C=O) groups is 1. The molecule has 1 aliphatic rings. The molecular formula is C24H24F2N4O2. The zero-order valence-electron chi connectivity index (χ0n) is 18.0. The van der Waals surface area contributed by atoms with E-state index in [4.69, 9.17) is 0 Å². The van der Waals surface area contributed by atoms with Gasteiger partial charge in [0.05, 0.1) is 5.69 Å². The first-order valence-electron chi connectivity index (χ1n) is 10.4. The number of carbonyl (C=O) groups excluding carboxylic acids is 1. The third kappa shape index (κ3) is 4.26. The number of halogens is 2. The van der Waals surface area contributed by atoms with Crippen molar-refractivity contribution < 1.29 is 13.6 Å². The molecule has 1 amide bonds. The first kappa shape index (κ1) is 21.7. The standard InChI is InChI=1S/C24H24F2N4O2/c1-24(2,30-22(31)12-11-21(27-30)17-3-5-18(25)6-4-17)23(32)29-15-13-28(14-16-29)20-9-7-19(26)8-10-20/h3-12H,13-16H2,1-2H3. The fraction of sp³-hybridized carbons (Fsp3) is 0.292. The van der Waals surface area contributed by atoms with E-state index >= 15 is 0 Å². The van der Waals surface area contributed by atoms with Crippen molar-refractivity contribution in [1.82, 2.24) is 14.7 Å². The van der Waals surface area contributed by atoms with Crippen molar-refractivity contribution in [3.63, 3.8) is 0 Å². The van der Waals surface area contributed by atoms with Crippen LogP contribution in [0.2, 0.25) is 0 Å². The highest BCUT2D eigenvalue weighted by molar-refractivity contribution is 5.84. The highest BCUT2D eigenvalue weighted by Gasteiger charge is 2.37. The van der Waals surface area contributed by atoms with Gasteiger partial charge in [0.25, 0.3) is 5.56 Å². The quantitative estimate of drug-likeness (QED) is 0.628. The van der Waals surface area contributed by atoms with Gasteiger partial charge in [-0.05, 0) is 68.4 Å². The van der Waals surface area contributed by atoms with Gasteiger partial charge in [0.2, 0.25) is 5.91 Å². The first-order chi connectivity index (χ1) is 15.3. The lowest BCUT2D eigenvalue weighted by molar-refractivity contribution is -0.140. The molecule has 3 aromatic rings. The molecule has 2 aromatic carbocycles. The summed E-state index contributed by atoms with van der Waals surface area (Å²) in [7, 11) is 0. The van der Waals surface area contributed by atoms with Gasteiger partial charge in [-0.2, -0.15) is 5.10 Å². The molecule has 8 heteroatoms. The van der Waals surface area contributed by atoms with Crippen LogP contribution < -0.4 is 10.5 Å². The van der Waals surface area contributed by atoms with Crippen LogP contribution in [-0.2, 0) is 10.3 Å². The van der Waals surface area contributed by atoms with Gasteiger partial charge in [-0.15, -0.1) is 0 Å². The van der Waals surface area contributed by atoms with Crippen LogP contribution >= 0.6 is 0 Å². The topological polar surface area (TPSA) is 58.4 Å². The van der Waals surface area contributed by atoms with Crippen LogP contribution in [-0.4, -0.2) is 46.8 Å². The summed E-state index contributed by atoms with van der Waals surface area (Å²) >= 11 is 0. The lowest BCUT2D eigenvalue weighted by Crippen LogP contribution is -2.56. The van der Waals surface area contributed by atoms with Crippen LogP contribution in [0.4, 0.5) is 14.5 Å². The Bertz CT molecular complexity index is 1170. The van der Waals surface area contributed by atoms with E-state index in [2.05, 4.69) is 10.00 Å². The van der Waals surface area contributed by atoms with Crippen molar-refractivity contribution >= 4 is 11.6 Å². The van der Waals surface area contributed by atoms with Gasteiger partial charge in [-0.1, -0.05) is 0 Å². The molecule has 0 aliphatic carbocycles. The SMILES string of the molecule is CC(C)(C(=O)N1CCN(c2ccc(F)cc2)CC1)n1nc(-c2ccc(F)cc2)ccc1=O. The van der Waals surface area contributed by atoms with E-state index in [1.54, 1.807) is 49.1 Å². The van der Waals surface area contributed by atoms with Crippen LogP contribution in [0.3, 0.4) is 0 Å². The number of aromatic nitrogens is 2. The van der Waals surface area contributed by atoms with Gasteiger partial charge in [0.15, 0.2) is 0 Å². The molecule has 1 saturated heterocycles. The summed E-state index contributed by atoms with van der Waals surface area (Å²) in [5.74, 6) is -0.857. The molecular weight excluding hydrogens is 414 g/mol. The Labute approximate surface area is 184 Å². The minimum atomic E-state index is -1.20. The zero-order chi connectivity index (χ0) is 22.9. The molecule has 0 saturated carbocycles. The molecule has 1 aromatic heterocycles. The second-order valence-electron chi connectivity index (χ2n) is 8.29. The van der Waals surface area contributed by atoms with E-state index in [-0.39, 0.29) is 23.1 Å². The summed E-state index contributed by atoms with van der Waals surface area (Å²) < 4.78 is 27.6. The Morgan fingerprint density at radius 2 is 1.41 bits per heavy atom. The summed E-state index contributed by atoms with van der Waals surface area (Å²) in [6.45, 7) is 5.50. The third-order valence-electron chi connectivity index (χ3n) is 5.75. The molecule has 32 heavy (non-hydrogen) atoms. The maximum Gasteiger partial charge on any atom is 0.267 e. The normalized spacial score (nSPS) is 14.5. The first-order valence-corrected chi connectivity index (χ1v) is 10.4. The largest absolute Gasteiger partial charge is 0.368 e. The molecule has 0 spiro atoms. The van der Waals surface area contributed by atoms with Crippen LogP contribution in [0.15, 0.2) is 65.5 Å². The Hall–Kier alpha value is -3.55. The summed E-state index contributed by atoms with van der Waals surface area (Å²) in [5, 5.41) is 4.42. The summed E-state index contributed by atoms with van der Waals surface area (Å²) in [5.41, 5.74) is 0.440. The second-order valence-corrected chi connectivity index (χ2v) is 8.29. The monoisotopic (exact) mass is 438 g/mol. The van der Waals surface area contributed by atoms with Gasteiger partial charge in [0, 0.05) is 43.5 Å². The van der Waals surface area contributed by atoms with Gasteiger partial charge in [-0.3, -0.25) is 9.59 Å². The maximum atomic E-state index is 13.4. The minimum absolute atomic E-state index is 0.206. The molecule has 0 N–H and O–H groups in total. The van der Waals surface area contributed by atoms with Crippen LogP contribution in [0.5, 0.6) is 0 Å². The number of hydrogen-bond donors (Lipinski definition) is 0. The molecule has 0 bridgehead atoms. The number of nitrogens with zero attached hydrogens (tertiary/aromatic N) is 4. The van der Waals surface area contributed by atoms with Crippen molar-refractivity contribution in [1.29, 1.82) is 0 Å². The van der Waals surface area contributed by atoms with Crippen LogP contribution in [0.25, 0.3) is 11.3 Å². The van der Waals surface area contributed by atoms with Gasteiger partial charge >= 0.3 is 0 Å². The van der Waals surface area contributed by atoms with Crippen molar-refractivity contribution in [3.8, 4) is 11.3 Å². The molecule has 1 fully saturated rings. The van der Waals surface area contributed by atoms with Crippen molar-refractivity contribution in [2.45, 2.75) is 19.4 Å². The van der Waals surface area contributed by atoms with E-state index in [1.807, 2.05) is 0 Å². The molecule has 2 heterocycles. The average molecular weight is 438 g/mol. The van der Waals surface area contributed by atoms with E-state index in [0.29, 0.717) is 37.4 Å². The molecule has 6 nitrogen and oxygen atoms in total. The van der Waals surface area contributed by atoms with Crippen LogP contribution in [0.1, 0.15) is 13.8 Å². The Morgan fingerprint density at radius 1 is 0.844 bits per heavy atom. The predicted octanol–water partition coefficient (Wildman–Crippen LogP) is 3.27.